The van der Waals surface area contributed by atoms with Gasteiger partial charge in [-0.2, -0.15) is 0 Å². The molecule has 0 saturated carbocycles. The second-order valence-corrected chi connectivity index (χ2v) is 4.88. The van der Waals surface area contributed by atoms with Crippen molar-refractivity contribution in [3.05, 3.63) is 42.1 Å². The van der Waals surface area contributed by atoms with Crippen LogP contribution in [0.5, 0.6) is 0 Å². The van der Waals surface area contributed by atoms with E-state index in [0.29, 0.717) is 0 Å². The van der Waals surface area contributed by atoms with Crippen LogP contribution >= 0.6 is 0 Å². The van der Waals surface area contributed by atoms with Gasteiger partial charge in [-0.25, -0.2) is 0 Å². The summed E-state index contributed by atoms with van der Waals surface area (Å²) in [5.41, 5.74) is 2.02. The summed E-state index contributed by atoms with van der Waals surface area (Å²) in [5, 5.41) is 1.14. The molecule has 0 saturated heterocycles. The van der Waals surface area contributed by atoms with Gasteiger partial charge in [0.25, 0.3) is 0 Å². The van der Waals surface area contributed by atoms with Crippen LogP contribution in [0.4, 0.5) is 0 Å². The van der Waals surface area contributed by atoms with Crippen molar-refractivity contribution in [2.75, 3.05) is 0 Å². The lowest BCUT2D eigenvalue weighted by Gasteiger charge is -2.07. The Balaban J connectivity index is 2.56. The lowest BCUT2D eigenvalue weighted by molar-refractivity contribution is 0.571. The van der Waals surface area contributed by atoms with Crippen LogP contribution in [0.3, 0.4) is 0 Å². The molecule has 2 aromatic rings. The molecule has 0 fully saturated rings. The van der Waals surface area contributed by atoms with E-state index in [1.54, 1.807) is 0 Å². The number of fused-ring (bicyclic) bond motifs is 1. The van der Waals surface area contributed by atoms with Crippen LogP contribution in [0.25, 0.3) is 10.9 Å². The maximum atomic E-state index is 4.38. The van der Waals surface area contributed by atoms with Crippen LogP contribution < -0.4 is 0 Å². The maximum Gasteiger partial charge on any atom is 0.0858 e. The molecule has 1 aromatic carbocycles. The van der Waals surface area contributed by atoms with E-state index >= 15 is 0 Å². The Morgan fingerprint density at radius 2 is 1.81 bits per heavy atom. The summed E-state index contributed by atoms with van der Waals surface area (Å²) in [5.74, 6) is 6.46. The van der Waals surface area contributed by atoms with Gasteiger partial charge in [0.1, 0.15) is 0 Å². The molecule has 1 nitrogen and oxygen atoms in total. The molecule has 1 aromatic heterocycles. The first-order valence-electron chi connectivity index (χ1n) is 5.43. The smallest absolute Gasteiger partial charge is 0.0858 e. The average Bonchev–Trinajstić information content (AvgIpc) is 2.25. The van der Waals surface area contributed by atoms with E-state index < -0.39 is 0 Å². The van der Waals surface area contributed by atoms with Crippen molar-refractivity contribution in [3.8, 4) is 11.8 Å². The van der Waals surface area contributed by atoms with Crippen LogP contribution in [0.1, 0.15) is 26.3 Å². The summed E-state index contributed by atoms with van der Waals surface area (Å²) in [6.45, 7) is 6.33. The Labute approximate surface area is 96.5 Å². The molecular formula is C15H15N. The van der Waals surface area contributed by atoms with Gasteiger partial charge in [0.2, 0.25) is 0 Å². The van der Waals surface area contributed by atoms with Gasteiger partial charge in [-0.15, -0.1) is 0 Å². The average molecular weight is 209 g/mol. The summed E-state index contributed by atoms with van der Waals surface area (Å²) in [4.78, 5) is 4.38. The fourth-order valence-corrected chi connectivity index (χ4v) is 1.46. The van der Waals surface area contributed by atoms with E-state index in [1.807, 2.05) is 24.4 Å². The monoisotopic (exact) mass is 209 g/mol. The number of nitrogens with zero attached hydrogens (tertiary/aromatic N) is 1. The molecule has 0 N–H and O–H groups in total. The second-order valence-electron chi connectivity index (χ2n) is 4.88. The molecule has 1 heterocycles. The van der Waals surface area contributed by atoms with Gasteiger partial charge in [0.15, 0.2) is 0 Å². The van der Waals surface area contributed by atoms with Crippen molar-refractivity contribution in [2.24, 2.45) is 5.41 Å². The number of benzene rings is 1. The molecule has 0 radical (unpaired) electrons. The van der Waals surface area contributed by atoms with Crippen LogP contribution in [-0.4, -0.2) is 4.98 Å². The maximum absolute atomic E-state index is 4.38. The highest BCUT2D eigenvalue weighted by atomic mass is 14.6. The summed E-state index contributed by atoms with van der Waals surface area (Å²) >= 11 is 0. The third-order valence-electron chi connectivity index (χ3n) is 2.20. The first kappa shape index (κ1) is 10.7. The first-order valence-corrected chi connectivity index (χ1v) is 5.43. The lowest BCUT2D eigenvalue weighted by Crippen LogP contribution is -1.99. The minimum absolute atomic E-state index is 0.0247. The molecule has 0 spiro atoms. The Bertz CT molecular complexity index is 560. The Morgan fingerprint density at radius 3 is 2.56 bits per heavy atom. The van der Waals surface area contributed by atoms with Crippen molar-refractivity contribution in [1.82, 2.24) is 4.98 Å². The number of hydrogen-bond acceptors (Lipinski definition) is 1. The molecule has 2 rings (SSSR count). The van der Waals surface area contributed by atoms with E-state index in [1.165, 1.54) is 0 Å². The molecule has 0 amide bonds. The summed E-state index contributed by atoms with van der Waals surface area (Å²) in [6, 6.07) is 10.1. The zero-order valence-electron chi connectivity index (χ0n) is 9.91. The normalized spacial score (nSPS) is 10.9. The molecule has 0 bridgehead atoms. The van der Waals surface area contributed by atoms with E-state index in [2.05, 4.69) is 49.7 Å². The van der Waals surface area contributed by atoms with Gasteiger partial charge in [-0.05, 0) is 32.9 Å². The zero-order valence-corrected chi connectivity index (χ0v) is 9.91. The lowest BCUT2D eigenvalue weighted by atomic mass is 9.97. The predicted molar refractivity (Wildman–Crippen MR) is 68.1 cm³/mol. The third kappa shape index (κ3) is 2.41. The van der Waals surface area contributed by atoms with E-state index in [0.717, 1.165) is 16.5 Å². The Hall–Kier alpha value is -1.81. The van der Waals surface area contributed by atoms with E-state index in [4.69, 9.17) is 0 Å². The predicted octanol–water partition coefficient (Wildman–Crippen LogP) is 3.63. The van der Waals surface area contributed by atoms with Crippen molar-refractivity contribution in [2.45, 2.75) is 20.8 Å². The summed E-state index contributed by atoms with van der Waals surface area (Å²) < 4.78 is 0. The minimum atomic E-state index is 0.0247. The topological polar surface area (TPSA) is 12.9 Å². The molecule has 0 unspecified atom stereocenters. The largest absolute Gasteiger partial charge is 0.255 e. The fraction of sp³-hybridized carbons (Fsp3) is 0.267. The van der Waals surface area contributed by atoms with Gasteiger partial charge >= 0.3 is 0 Å². The summed E-state index contributed by atoms with van der Waals surface area (Å²) in [6.07, 6.45) is 1.81. The van der Waals surface area contributed by atoms with Gasteiger partial charge in [-0.1, -0.05) is 30.0 Å². The number of para-hydroxylation sites is 1. The standard InChI is InChI=1S/C15H15N/c1-15(2,3)10-9-13-7-4-6-12-8-5-11-16-14(12)13/h4-8,11H,1-3H3. The highest BCUT2D eigenvalue weighted by molar-refractivity contribution is 5.84. The number of hydrogen-bond donors (Lipinski definition) is 0. The molecule has 0 aliphatic carbocycles. The second kappa shape index (κ2) is 3.98. The molecular weight excluding hydrogens is 194 g/mol. The van der Waals surface area contributed by atoms with Crippen LogP contribution in [0.2, 0.25) is 0 Å². The fourth-order valence-electron chi connectivity index (χ4n) is 1.46. The number of pyridine rings is 1. The molecule has 80 valence electrons. The van der Waals surface area contributed by atoms with Crippen molar-refractivity contribution in [1.29, 1.82) is 0 Å². The SMILES string of the molecule is CC(C)(C)C#Cc1cccc2cccnc12. The van der Waals surface area contributed by atoms with Crippen LogP contribution in [0, 0.1) is 17.3 Å². The first-order chi connectivity index (χ1) is 7.56. The van der Waals surface area contributed by atoms with Crippen molar-refractivity contribution >= 4 is 10.9 Å². The molecule has 0 aliphatic heterocycles. The van der Waals surface area contributed by atoms with Gasteiger partial charge in [-0.3, -0.25) is 4.98 Å². The Kier molecular flexibility index (Phi) is 2.66. The van der Waals surface area contributed by atoms with Gasteiger partial charge in [0.05, 0.1) is 11.1 Å². The van der Waals surface area contributed by atoms with Gasteiger partial charge < -0.3 is 0 Å². The minimum Gasteiger partial charge on any atom is -0.255 e. The number of aromatic nitrogens is 1. The highest BCUT2D eigenvalue weighted by Gasteiger charge is 2.04. The number of rotatable bonds is 0. The molecule has 1 heteroatoms. The van der Waals surface area contributed by atoms with Crippen molar-refractivity contribution < 1.29 is 0 Å². The quantitative estimate of drug-likeness (QED) is 0.604. The molecule has 0 atom stereocenters. The van der Waals surface area contributed by atoms with Gasteiger partial charge in [0, 0.05) is 17.0 Å². The van der Waals surface area contributed by atoms with Crippen LogP contribution in [-0.2, 0) is 0 Å². The molecule has 16 heavy (non-hydrogen) atoms. The molecule has 0 aliphatic rings. The van der Waals surface area contributed by atoms with Crippen LogP contribution in [0.15, 0.2) is 36.5 Å². The highest BCUT2D eigenvalue weighted by Crippen LogP contribution is 2.16. The summed E-state index contributed by atoms with van der Waals surface area (Å²) in [7, 11) is 0. The van der Waals surface area contributed by atoms with E-state index in [9.17, 15) is 0 Å². The third-order valence-corrected chi connectivity index (χ3v) is 2.20. The zero-order chi connectivity index (χ0) is 11.6. The van der Waals surface area contributed by atoms with Crippen molar-refractivity contribution in [3.63, 3.8) is 0 Å². The van der Waals surface area contributed by atoms with E-state index in [-0.39, 0.29) is 5.41 Å². The Morgan fingerprint density at radius 1 is 1.06 bits per heavy atom.